The van der Waals surface area contributed by atoms with Gasteiger partial charge in [-0.15, -0.1) is 0 Å². The maximum atomic E-state index is 2.74. The van der Waals surface area contributed by atoms with Crippen LogP contribution in [0.1, 0.15) is 101 Å². The highest BCUT2D eigenvalue weighted by atomic mass is 15.2. The van der Waals surface area contributed by atoms with Crippen molar-refractivity contribution in [3.05, 3.63) is 391 Å². The van der Waals surface area contributed by atoms with Crippen molar-refractivity contribution in [2.75, 3.05) is 9.80 Å². The Morgan fingerprint density at radius 3 is 1.08 bits per heavy atom. The summed E-state index contributed by atoms with van der Waals surface area (Å²) in [6.07, 6.45) is 0. The van der Waals surface area contributed by atoms with Crippen LogP contribution >= 0.6 is 0 Å². The second-order valence-electron chi connectivity index (χ2n) is 32.3. The van der Waals surface area contributed by atoms with Gasteiger partial charge in [-0.2, -0.15) is 0 Å². The van der Waals surface area contributed by atoms with E-state index in [9.17, 15) is 0 Å². The van der Waals surface area contributed by atoms with E-state index in [1.54, 1.807) is 0 Å². The van der Waals surface area contributed by atoms with Crippen LogP contribution in [-0.4, -0.2) is 6.71 Å². The van der Waals surface area contributed by atoms with Crippen LogP contribution in [0.15, 0.2) is 352 Å². The molecule has 0 saturated heterocycles. The van der Waals surface area contributed by atoms with Crippen molar-refractivity contribution in [3.63, 3.8) is 0 Å². The van der Waals surface area contributed by atoms with Gasteiger partial charge in [-0.05, 0) is 163 Å². The highest BCUT2D eigenvalue weighted by Gasteiger charge is 2.49. The molecule has 0 aromatic heterocycles. The maximum Gasteiger partial charge on any atom is 0.252 e. The van der Waals surface area contributed by atoms with Gasteiger partial charge in [0.25, 0.3) is 6.71 Å². The Morgan fingerprint density at radius 1 is 0.236 bits per heavy atom. The molecule has 0 spiro atoms. The summed E-state index contributed by atoms with van der Waals surface area (Å²) in [6.45, 7) is 20.8. The first-order valence-electron chi connectivity index (χ1n) is 37.7. The lowest BCUT2D eigenvalue weighted by atomic mass is 9.33. The van der Waals surface area contributed by atoms with Crippen LogP contribution in [-0.2, 0) is 21.7 Å². The number of para-hydroxylation sites is 2. The fraction of sp³-hybridized carbons (Fsp3) is 0.126. The van der Waals surface area contributed by atoms with Gasteiger partial charge in [-0.1, -0.05) is 390 Å². The predicted molar refractivity (Wildman–Crippen MR) is 452 cm³/mol. The molecule has 2 heterocycles. The van der Waals surface area contributed by atoms with Crippen LogP contribution in [0.2, 0.25) is 0 Å². The van der Waals surface area contributed by atoms with Crippen molar-refractivity contribution in [2.45, 2.75) is 84.0 Å². The van der Waals surface area contributed by atoms with Crippen molar-refractivity contribution >= 4 is 57.2 Å². The van der Waals surface area contributed by atoms with Gasteiger partial charge in [-0.25, -0.2) is 0 Å². The minimum Gasteiger partial charge on any atom is -0.310 e. The average molecular weight is 1360 g/mol. The van der Waals surface area contributed by atoms with Gasteiger partial charge in [0.15, 0.2) is 0 Å². The van der Waals surface area contributed by atoms with Gasteiger partial charge >= 0.3 is 0 Å². The summed E-state index contributed by atoms with van der Waals surface area (Å²) in [5.41, 5.74) is 37.1. The van der Waals surface area contributed by atoms with E-state index >= 15 is 0 Å². The molecule has 0 unspecified atom stereocenters. The lowest BCUT2D eigenvalue weighted by molar-refractivity contribution is 0.569. The lowest BCUT2D eigenvalue weighted by Gasteiger charge is -2.46. The first-order chi connectivity index (χ1) is 51.5. The lowest BCUT2D eigenvalue weighted by Crippen LogP contribution is -2.61. The maximum absolute atomic E-state index is 2.74. The number of hydrogen-bond donors (Lipinski definition) is 0. The van der Waals surface area contributed by atoms with Crippen molar-refractivity contribution < 1.29 is 0 Å². The predicted octanol–water partition coefficient (Wildman–Crippen LogP) is 25.7. The van der Waals surface area contributed by atoms with E-state index in [-0.39, 0.29) is 23.0 Å². The fourth-order valence-electron chi connectivity index (χ4n) is 17.5. The Kier molecular flexibility index (Phi) is 16.0. The molecule has 0 N–H and O–H groups in total. The zero-order chi connectivity index (χ0) is 72.2. The summed E-state index contributed by atoms with van der Waals surface area (Å²) in [6, 6.07) is 134. The van der Waals surface area contributed by atoms with Crippen molar-refractivity contribution in [1.82, 2.24) is 0 Å². The number of nitrogens with zero attached hydrogens (tertiary/aromatic N) is 2. The molecule has 0 amide bonds. The van der Waals surface area contributed by atoms with E-state index in [4.69, 9.17) is 0 Å². The van der Waals surface area contributed by atoms with E-state index < -0.39 is 5.41 Å². The first-order valence-corrected chi connectivity index (χ1v) is 37.7. The highest BCUT2D eigenvalue weighted by molar-refractivity contribution is 7.00. The Balaban J connectivity index is 1.02. The average Bonchev–Trinajstić information content (AvgIpc) is 1.07. The molecule has 18 rings (SSSR count). The molecule has 1 aliphatic carbocycles. The van der Waals surface area contributed by atoms with Gasteiger partial charge in [-0.3, -0.25) is 0 Å². The zero-order valence-corrected chi connectivity index (χ0v) is 62.0. The van der Waals surface area contributed by atoms with Crippen LogP contribution in [0.3, 0.4) is 0 Å². The van der Waals surface area contributed by atoms with Crippen LogP contribution in [0.5, 0.6) is 0 Å². The summed E-state index contributed by atoms with van der Waals surface area (Å²) in [4.78, 5) is 5.43. The summed E-state index contributed by atoms with van der Waals surface area (Å²) in [7, 11) is 0. The normalized spacial score (nSPS) is 13.3. The van der Waals surface area contributed by atoms with Crippen molar-refractivity contribution in [2.24, 2.45) is 0 Å². The van der Waals surface area contributed by atoms with Crippen LogP contribution in [0.4, 0.5) is 34.1 Å². The van der Waals surface area contributed by atoms with Gasteiger partial charge < -0.3 is 9.80 Å². The molecular weight excluding hydrogens is 1280 g/mol. The first kappa shape index (κ1) is 66.0. The number of anilines is 6. The Hall–Kier alpha value is -12.0. The summed E-state index contributed by atoms with van der Waals surface area (Å²) in [5.74, 6) is 0. The molecule has 510 valence electrons. The van der Waals surface area contributed by atoms with Gasteiger partial charge in [0.2, 0.25) is 0 Å². The quantitative estimate of drug-likeness (QED) is 0.119. The second kappa shape index (κ2) is 25.7. The standard InChI is InChI=1S/C103H85BN2/c1-100(2,3)77-57-53-68(54-58-77)73-56-60-92-91(63-73)104-90-59-55-74(82-46-30-51-88-87-45-28-29-52-89(87)103(96(82)88,78-41-24-14-25-42-78)79-43-26-15-27-44-79)64-93(90)106(99-85(71-37-20-12-21-38-71)49-32-50-86(99)72-39-22-13-23-40-72)95-66-76(75-61-80(101(4,5)6)67-81(62-75)102(7,8)9)65-94(97(95)104)105(92)98-83(69-33-16-10-17-34-69)47-31-48-84(98)70-35-18-11-19-36-70/h10-67H,1-9H3. The summed E-state index contributed by atoms with van der Waals surface area (Å²) in [5, 5.41) is 0. The van der Waals surface area contributed by atoms with Crippen LogP contribution < -0.4 is 26.2 Å². The third-order valence-corrected chi connectivity index (χ3v) is 22.8. The fourth-order valence-corrected chi connectivity index (χ4v) is 17.5. The molecule has 3 aliphatic rings. The van der Waals surface area contributed by atoms with Crippen molar-refractivity contribution in [1.29, 1.82) is 0 Å². The van der Waals surface area contributed by atoms with E-state index in [0.29, 0.717) is 0 Å². The molecular formula is C103H85BN2. The summed E-state index contributed by atoms with van der Waals surface area (Å²) < 4.78 is 0. The molecule has 0 saturated carbocycles. The number of hydrogen-bond acceptors (Lipinski definition) is 2. The Morgan fingerprint density at radius 2 is 0.613 bits per heavy atom. The van der Waals surface area contributed by atoms with E-state index in [2.05, 4.69) is 424 Å². The monoisotopic (exact) mass is 1360 g/mol. The van der Waals surface area contributed by atoms with Crippen molar-refractivity contribution in [3.8, 4) is 89.0 Å². The molecule has 0 bridgehead atoms. The minimum absolute atomic E-state index is 0.0106. The van der Waals surface area contributed by atoms with Gasteiger partial charge in [0, 0.05) is 45.0 Å². The topological polar surface area (TPSA) is 6.48 Å². The van der Waals surface area contributed by atoms with Gasteiger partial charge in [0.05, 0.1) is 16.8 Å². The largest absolute Gasteiger partial charge is 0.310 e. The molecule has 2 aliphatic heterocycles. The Labute approximate surface area is 626 Å². The smallest absolute Gasteiger partial charge is 0.252 e. The number of rotatable bonds is 11. The minimum atomic E-state index is -0.660. The molecule has 3 heteroatoms. The van der Waals surface area contributed by atoms with E-state index in [1.165, 1.54) is 88.7 Å². The second-order valence-corrected chi connectivity index (χ2v) is 32.3. The van der Waals surface area contributed by atoms with Gasteiger partial charge in [0.1, 0.15) is 0 Å². The molecule has 15 aromatic carbocycles. The third kappa shape index (κ3) is 11.0. The number of fused-ring (bicyclic) bond motifs is 7. The zero-order valence-electron chi connectivity index (χ0n) is 62.0. The SMILES string of the molecule is CC(C)(C)c1ccc(-c2ccc3c(c2)B2c4ccc(-c5cccc6c5C(c5ccccc5)(c5ccccc5)c5ccccc5-6)cc4N(c4c(-c5ccccc5)cccc4-c4ccccc4)c4cc(-c5cc(C(C)(C)C)cc(C(C)(C)C)c5)cc(c42)N3c2c(-c3ccccc3)cccc2-c2ccccc2)cc1. The summed E-state index contributed by atoms with van der Waals surface area (Å²) >= 11 is 0. The Bertz CT molecular complexity index is 5680. The van der Waals surface area contributed by atoms with Crippen LogP contribution in [0.25, 0.3) is 89.0 Å². The molecule has 2 nitrogen and oxygen atoms in total. The highest BCUT2D eigenvalue weighted by Crippen LogP contribution is 2.60. The molecule has 0 fully saturated rings. The molecule has 15 aromatic rings. The van der Waals surface area contributed by atoms with E-state index in [0.717, 1.165) is 89.8 Å². The number of benzene rings is 15. The molecule has 0 radical (unpaired) electrons. The molecule has 0 atom stereocenters. The van der Waals surface area contributed by atoms with E-state index in [1.807, 2.05) is 0 Å². The third-order valence-electron chi connectivity index (χ3n) is 22.8. The van der Waals surface area contributed by atoms with Crippen LogP contribution in [0, 0.1) is 0 Å². The molecule has 106 heavy (non-hydrogen) atoms.